The summed E-state index contributed by atoms with van der Waals surface area (Å²) in [5, 5.41) is 22.0. The third-order valence-electron chi connectivity index (χ3n) is 11.7. The fraction of sp³-hybridized carbons (Fsp3) is 0.794. The molecule has 44 heavy (non-hydrogen) atoms. The van der Waals surface area contributed by atoms with Crippen LogP contribution in [0, 0.1) is 23.2 Å². The van der Waals surface area contributed by atoms with Crippen LogP contribution in [0.3, 0.4) is 0 Å². The Balaban J connectivity index is 1.11. The number of ether oxygens (including phenoxy) is 1. The van der Waals surface area contributed by atoms with Crippen molar-refractivity contribution in [2.45, 2.75) is 127 Å². The number of phenols is 1. The number of aromatic hydroxyl groups is 1. The lowest BCUT2D eigenvalue weighted by molar-refractivity contribution is -0.284. The van der Waals surface area contributed by atoms with Crippen LogP contribution in [0.2, 0.25) is 0 Å². The Labute approximate surface area is 257 Å². The molecule has 1 heterocycles. The summed E-state index contributed by atoms with van der Waals surface area (Å²) in [7, 11) is 2.01. The summed E-state index contributed by atoms with van der Waals surface area (Å²) in [5.41, 5.74) is 1.05. The van der Waals surface area contributed by atoms with Crippen molar-refractivity contribution in [1.29, 1.82) is 0 Å². The van der Waals surface area contributed by atoms with E-state index < -0.39 is 30.2 Å². The fourth-order valence-electron chi connectivity index (χ4n) is 9.41. The summed E-state index contributed by atoms with van der Waals surface area (Å²) in [6.07, 6.45) is 2.24. The van der Waals surface area contributed by atoms with Gasteiger partial charge in [0.15, 0.2) is 0 Å². The summed E-state index contributed by atoms with van der Waals surface area (Å²) in [5.74, 6) is -3.22. The molecule has 2 N–H and O–H groups in total. The Morgan fingerprint density at radius 2 is 1.70 bits per heavy atom. The molecular weight excluding hydrogens is 581 g/mol. The van der Waals surface area contributed by atoms with E-state index in [0.717, 1.165) is 64.5 Å². The Bertz CT molecular complexity index is 1180. The number of alkyl halides is 5. The molecule has 4 aliphatic rings. The number of halogens is 5. The van der Waals surface area contributed by atoms with Crippen molar-refractivity contribution in [2.24, 2.45) is 23.2 Å². The Hall–Kier alpha value is -1.94. The largest absolute Gasteiger partial charge is 0.508 e. The summed E-state index contributed by atoms with van der Waals surface area (Å²) in [4.78, 5) is 14.4. The molecule has 0 aromatic heterocycles. The van der Waals surface area contributed by atoms with Crippen LogP contribution in [0.15, 0.2) is 18.2 Å². The van der Waals surface area contributed by atoms with Gasteiger partial charge in [0.2, 0.25) is 0 Å². The first-order valence-corrected chi connectivity index (χ1v) is 16.5. The van der Waals surface area contributed by atoms with E-state index in [-0.39, 0.29) is 30.1 Å². The second kappa shape index (κ2) is 12.7. The van der Waals surface area contributed by atoms with Gasteiger partial charge in [-0.15, -0.1) is 0 Å². The summed E-state index contributed by atoms with van der Waals surface area (Å²) >= 11 is 0. The molecule has 1 unspecified atom stereocenters. The number of nitrogens with zero attached hydrogens (tertiary/aromatic N) is 1. The number of aryl methyl sites for hydroxylation is 1. The van der Waals surface area contributed by atoms with E-state index in [1.165, 1.54) is 11.1 Å². The minimum absolute atomic E-state index is 0.0750. The van der Waals surface area contributed by atoms with Gasteiger partial charge in [0, 0.05) is 11.8 Å². The van der Waals surface area contributed by atoms with Gasteiger partial charge >= 0.3 is 18.1 Å². The number of rotatable bonds is 13. The number of unbranched alkanes of at least 4 members (excludes halogenated alkanes) is 5. The second-order valence-corrected chi connectivity index (χ2v) is 14.4. The van der Waals surface area contributed by atoms with Crippen LogP contribution in [0.4, 0.5) is 22.0 Å². The molecule has 2 saturated carbocycles. The highest BCUT2D eigenvalue weighted by Crippen LogP contribution is 2.68. The van der Waals surface area contributed by atoms with Crippen molar-refractivity contribution >= 4 is 5.97 Å². The molecule has 248 valence electrons. The van der Waals surface area contributed by atoms with Crippen LogP contribution < -0.4 is 0 Å². The lowest BCUT2D eigenvalue weighted by atomic mass is 9.49. The number of esters is 1. The molecule has 1 aromatic rings. The van der Waals surface area contributed by atoms with Crippen LogP contribution >= 0.6 is 0 Å². The van der Waals surface area contributed by atoms with Gasteiger partial charge in [0.25, 0.3) is 0 Å². The van der Waals surface area contributed by atoms with Gasteiger partial charge in [-0.1, -0.05) is 38.7 Å². The van der Waals surface area contributed by atoms with Gasteiger partial charge < -0.3 is 19.8 Å². The highest BCUT2D eigenvalue weighted by molar-refractivity contribution is 5.74. The average Bonchev–Trinajstić information content (AvgIpc) is 3.35. The quantitative estimate of drug-likeness (QED) is 0.133. The zero-order valence-electron chi connectivity index (χ0n) is 26.0. The number of fused-ring (bicyclic) bond motifs is 7. The van der Waals surface area contributed by atoms with E-state index in [2.05, 4.69) is 17.9 Å². The smallest absolute Gasteiger partial charge is 0.453 e. The monoisotopic (exact) mass is 629 g/mol. The molecule has 0 bridgehead atoms. The van der Waals surface area contributed by atoms with Crippen LogP contribution in [0.5, 0.6) is 5.75 Å². The number of aliphatic hydroxyl groups is 1. The lowest BCUT2D eigenvalue weighted by Crippen LogP contribution is -2.54. The number of carbonyl (C=O) groups excluding carboxylic acids is 1. The molecular formula is C34H48F5NO4. The molecule has 5 nitrogen and oxygen atoms in total. The predicted molar refractivity (Wildman–Crippen MR) is 156 cm³/mol. The Morgan fingerprint density at radius 1 is 1.02 bits per heavy atom. The van der Waals surface area contributed by atoms with Crippen LogP contribution in [-0.2, 0) is 16.0 Å². The number of hydrogen-bond acceptors (Lipinski definition) is 5. The van der Waals surface area contributed by atoms with E-state index in [4.69, 9.17) is 4.74 Å². The molecule has 0 spiro atoms. The minimum Gasteiger partial charge on any atom is -0.508 e. The zero-order chi connectivity index (χ0) is 31.9. The van der Waals surface area contributed by atoms with Crippen molar-refractivity contribution in [3.63, 3.8) is 0 Å². The summed E-state index contributed by atoms with van der Waals surface area (Å²) in [6, 6.07) is 5.79. The van der Waals surface area contributed by atoms with Crippen molar-refractivity contribution in [2.75, 3.05) is 20.1 Å². The van der Waals surface area contributed by atoms with Gasteiger partial charge in [0.1, 0.15) is 17.5 Å². The highest BCUT2D eigenvalue weighted by atomic mass is 19.4. The Morgan fingerprint density at radius 3 is 2.41 bits per heavy atom. The van der Waals surface area contributed by atoms with Crippen molar-refractivity contribution in [1.82, 2.24) is 4.90 Å². The fourth-order valence-corrected chi connectivity index (χ4v) is 9.41. The predicted octanol–water partition coefficient (Wildman–Crippen LogP) is 7.77. The van der Waals surface area contributed by atoms with Crippen molar-refractivity contribution in [3.8, 4) is 5.75 Å². The molecule has 3 fully saturated rings. The van der Waals surface area contributed by atoms with E-state index in [1.807, 2.05) is 13.1 Å². The van der Waals surface area contributed by atoms with Gasteiger partial charge in [-0.3, -0.25) is 4.79 Å². The number of benzene rings is 1. The molecule has 0 radical (unpaired) electrons. The SMILES string of the molecule is CN(CCCCCCC(F)(F)C(F)(F)F)CCCCC[C@H]1C[C@@]2(C)[C@@H](CC3OC(=O)C[C@@]32O)[C@@H]2CCc3cc(O)ccc3[C@@H]12. The van der Waals surface area contributed by atoms with E-state index >= 15 is 0 Å². The van der Waals surface area contributed by atoms with E-state index in [9.17, 15) is 37.0 Å². The molecule has 7 atom stereocenters. The average molecular weight is 630 g/mol. The van der Waals surface area contributed by atoms with E-state index in [1.54, 1.807) is 6.07 Å². The second-order valence-electron chi connectivity index (χ2n) is 14.4. The maximum absolute atomic E-state index is 13.0. The number of phenolic OH excluding ortho intramolecular Hbond substituents is 1. The van der Waals surface area contributed by atoms with Gasteiger partial charge in [-0.2, -0.15) is 22.0 Å². The van der Waals surface area contributed by atoms with Crippen molar-refractivity contribution in [3.05, 3.63) is 29.3 Å². The van der Waals surface area contributed by atoms with Crippen LogP contribution in [0.1, 0.15) is 107 Å². The molecule has 10 heteroatoms. The van der Waals surface area contributed by atoms with Crippen LogP contribution in [0.25, 0.3) is 0 Å². The lowest BCUT2D eigenvalue weighted by Gasteiger charge is -2.56. The number of hydrogen-bond donors (Lipinski definition) is 2. The first kappa shape index (κ1) is 33.4. The molecule has 1 saturated heterocycles. The summed E-state index contributed by atoms with van der Waals surface area (Å²) < 4.78 is 68.6. The highest BCUT2D eigenvalue weighted by Gasteiger charge is 2.71. The third-order valence-corrected chi connectivity index (χ3v) is 11.7. The third kappa shape index (κ3) is 6.36. The molecule has 0 amide bonds. The van der Waals surface area contributed by atoms with Crippen LogP contribution in [-0.4, -0.2) is 65.0 Å². The van der Waals surface area contributed by atoms with Gasteiger partial charge in [0.05, 0.1) is 6.42 Å². The van der Waals surface area contributed by atoms with Gasteiger partial charge in [-0.05, 0) is 118 Å². The van der Waals surface area contributed by atoms with Crippen molar-refractivity contribution < 1.29 is 41.7 Å². The Kier molecular flexibility index (Phi) is 9.64. The topological polar surface area (TPSA) is 70.0 Å². The standard InChI is InChI=1S/C34H48F5NO4/c1-31-20-23(10-6-5-9-17-40(2)16-8-4-3-7-15-33(35,36)34(37,38)39)30-25-14-12-24(41)18-22(25)11-13-26(30)27(31)19-28-32(31,43)21-29(42)44-28/h12,14,18,23,26-28,30,41,43H,3-11,13,15-17,19-21H2,1-2H3/t23-,26-,27-,28?,30+,31-,32+/m0/s1. The van der Waals surface area contributed by atoms with E-state index in [0.29, 0.717) is 42.8 Å². The number of carbonyl (C=O) groups is 1. The molecule has 5 rings (SSSR count). The maximum Gasteiger partial charge on any atom is 0.453 e. The normalized spacial score (nSPS) is 33.1. The molecule has 1 aromatic carbocycles. The molecule has 3 aliphatic carbocycles. The molecule has 1 aliphatic heterocycles. The summed E-state index contributed by atoms with van der Waals surface area (Å²) in [6.45, 7) is 3.86. The first-order valence-electron chi connectivity index (χ1n) is 16.5. The first-order chi connectivity index (χ1) is 20.7. The zero-order valence-corrected chi connectivity index (χ0v) is 26.0. The maximum atomic E-state index is 13.0. The van der Waals surface area contributed by atoms with Gasteiger partial charge in [-0.25, -0.2) is 0 Å². The minimum atomic E-state index is -5.47.